The number of anilines is 1. The second-order valence-electron chi connectivity index (χ2n) is 6.67. The first-order chi connectivity index (χ1) is 13.8. The van der Waals surface area contributed by atoms with Crippen LogP contribution < -0.4 is 5.32 Å². The van der Waals surface area contributed by atoms with Gasteiger partial charge in [0.1, 0.15) is 12.4 Å². The molecule has 0 radical (unpaired) electrons. The van der Waals surface area contributed by atoms with Crippen molar-refractivity contribution in [2.45, 2.75) is 6.04 Å². The van der Waals surface area contributed by atoms with Crippen LogP contribution in [0.1, 0.15) is 17.2 Å². The monoisotopic (exact) mass is 428 g/mol. The molecule has 4 nitrogen and oxygen atoms in total. The van der Waals surface area contributed by atoms with E-state index in [4.69, 9.17) is 0 Å². The molecular formula is C23H17BrN4. The molecule has 1 N–H and O–H groups in total. The lowest BCUT2D eigenvalue weighted by Crippen LogP contribution is -2.20. The highest BCUT2D eigenvalue weighted by Crippen LogP contribution is 2.33. The number of benzene rings is 3. The van der Waals surface area contributed by atoms with Crippen molar-refractivity contribution in [2.75, 3.05) is 5.32 Å². The van der Waals surface area contributed by atoms with E-state index in [0.717, 1.165) is 27.2 Å². The zero-order chi connectivity index (χ0) is 18.9. The Labute approximate surface area is 171 Å². The molecule has 1 aromatic heterocycles. The highest BCUT2D eigenvalue weighted by atomic mass is 79.9. The van der Waals surface area contributed by atoms with Crippen LogP contribution in [-0.4, -0.2) is 14.8 Å². The van der Waals surface area contributed by atoms with Crippen LogP contribution in [0.3, 0.4) is 0 Å². The summed E-state index contributed by atoms with van der Waals surface area (Å²) in [6.07, 6.45) is 3.78. The van der Waals surface area contributed by atoms with E-state index >= 15 is 0 Å². The van der Waals surface area contributed by atoms with Gasteiger partial charge in [-0.15, -0.1) is 0 Å². The van der Waals surface area contributed by atoms with Gasteiger partial charge in [0.15, 0.2) is 0 Å². The summed E-state index contributed by atoms with van der Waals surface area (Å²) in [5.74, 6) is 0.748. The van der Waals surface area contributed by atoms with Crippen molar-refractivity contribution >= 4 is 27.6 Å². The molecule has 1 atom stereocenters. The van der Waals surface area contributed by atoms with Crippen molar-refractivity contribution in [2.24, 2.45) is 0 Å². The summed E-state index contributed by atoms with van der Waals surface area (Å²) in [4.78, 5) is 4.38. The lowest BCUT2D eigenvalue weighted by atomic mass is 9.99. The van der Waals surface area contributed by atoms with Crippen molar-refractivity contribution in [1.82, 2.24) is 14.8 Å². The fourth-order valence-corrected chi connectivity index (χ4v) is 3.74. The normalized spacial score (nSPS) is 15.5. The molecule has 2 heterocycles. The summed E-state index contributed by atoms with van der Waals surface area (Å²) in [7, 11) is 0. The second kappa shape index (κ2) is 7.09. The number of nitrogens with zero attached hydrogens (tertiary/aromatic N) is 3. The van der Waals surface area contributed by atoms with Crippen molar-refractivity contribution in [3.05, 3.63) is 107 Å². The van der Waals surface area contributed by atoms with Crippen molar-refractivity contribution < 1.29 is 0 Å². The second-order valence-corrected chi connectivity index (χ2v) is 7.59. The first-order valence-electron chi connectivity index (χ1n) is 9.07. The number of allylic oxidation sites excluding steroid dienone is 1. The maximum absolute atomic E-state index is 4.41. The number of hydrogen-bond acceptors (Lipinski definition) is 3. The Kier molecular flexibility index (Phi) is 4.29. The molecule has 0 saturated carbocycles. The summed E-state index contributed by atoms with van der Waals surface area (Å²) >= 11 is 3.51. The molecule has 1 aliphatic rings. The minimum absolute atomic E-state index is 0.00403. The minimum atomic E-state index is -0.00403. The third kappa shape index (κ3) is 3.14. The summed E-state index contributed by atoms with van der Waals surface area (Å²) in [6, 6.07) is 27.3. The lowest BCUT2D eigenvalue weighted by Gasteiger charge is -2.24. The van der Waals surface area contributed by atoms with Crippen LogP contribution in [0.25, 0.3) is 16.8 Å². The Morgan fingerprint density at radius 3 is 2.21 bits per heavy atom. The maximum Gasteiger partial charge on any atom is 0.226 e. The van der Waals surface area contributed by atoms with E-state index in [9.17, 15) is 0 Å². The third-order valence-electron chi connectivity index (χ3n) is 4.92. The molecular weight excluding hydrogens is 412 g/mol. The zero-order valence-electron chi connectivity index (χ0n) is 15.0. The highest BCUT2D eigenvalue weighted by Gasteiger charge is 2.23. The van der Waals surface area contributed by atoms with Crippen LogP contribution in [0, 0.1) is 0 Å². The van der Waals surface area contributed by atoms with Gasteiger partial charge < -0.3 is 5.32 Å². The zero-order valence-corrected chi connectivity index (χ0v) is 16.5. The lowest BCUT2D eigenvalue weighted by molar-refractivity contribution is 0.612. The number of halogens is 1. The number of rotatable bonds is 3. The Bertz CT molecular complexity index is 1130. The van der Waals surface area contributed by atoms with E-state index in [-0.39, 0.29) is 6.04 Å². The number of aromatic nitrogens is 3. The van der Waals surface area contributed by atoms with Crippen LogP contribution in [0.5, 0.6) is 0 Å². The number of hydrogen-bond donors (Lipinski definition) is 1. The molecule has 5 rings (SSSR count). The van der Waals surface area contributed by atoms with Crippen LogP contribution in [-0.2, 0) is 0 Å². The van der Waals surface area contributed by atoms with E-state index in [2.05, 4.69) is 110 Å². The van der Waals surface area contributed by atoms with E-state index in [1.165, 1.54) is 11.1 Å². The molecule has 0 saturated heterocycles. The topological polar surface area (TPSA) is 42.7 Å². The highest BCUT2D eigenvalue weighted by molar-refractivity contribution is 9.10. The van der Waals surface area contributed by atoms with Gasteiger partial charge in [0.05, 0.1) is 0 Å². The van der Waals surface area contributed by atoms with Crippen molar-refractivity contribution in [3.8, 4) is 11.1 Å². The fourth-order valence-electron chi connectivity index (χ4n) is 3.47. The molecule has 28 heavy (non-hydrogen) atoms. The first kappa shape index (κ1) is 17.0. The predicted molar refractivity (Wildman–Crippen MR) is 116 cm³/mol. The van der Waals surface area contributed by atoms with Gasteiger partial charge in [0.2, 0.25) is 5.95 Å². The Hall–Kier alpha value is -3.18. The number of nitrogens with one attached hydrogen (secondary N) is 1. The van der Waals surface area contributed by atoms with Gasteiger partial charge >= 0.3 is 0 Å². The molecule has 3 aromatic carbocycles. The quantitative estimate of drug-likeness (QED) is 0.450. The molecule has 0 spiro atoms. The Morgan fingerprint density at radius 1 is 0.786 bits per heavy atom. The van der Waals surface area contributed by atoms with Crippen LogP contribution in [0.2, 0.25) is 0 Å². The summed E-state index contributed by atoms with van der Waals surface area (Å²) in [6.45, 7) is 0. The average molecular weight is 429 g/mol. The first-order valence-corrected chi connectivity index (χ1v) is 9.87. The third-order valence-corrected chi connectivity index (χ3v) is 5.45. The van der Waals surface area contributed by atoms with Crippen LogP contribution in [0.4, 0.5) is 5.95 Å². The van der Waals surface area contributed by atoms with Crippen molar-refractivity contribution in [1.29, 1.82) is 0 Å². The average Bonchev–Trinajstić information content (AvgIpc) is 3.23. The van der Waals surface area contributed by atoms with E-state index in [1.54, 1.807) is 6.33 Å². The van der Waals surface area contributed by atoms with E-state index in [1.807, 2.05) is 10.7 Å². The summed E-state index contributed by atoms with van der Waals surface area (Å²) < 4.78 is 2.97. The fraction of sp³-hybridized carbons (Fsp3) is 0.0435. The SMILES string of the molecule is Brc1ccc(C2C=C(c3ccc(-c4ccccc4)cc3)Nc3ncnn32)cc1. The standard InChI is InChI=1S/C23H17BrN4/c24-20-12-10-19(11-13-20)22-14-21(27-23-25-15-26-28(22)23)18-8-6-17(7-9-18)16-4-2-1-3-5-16/h1-15,22H,(H,25,26,27). The van der Waals surface area contributed by atoms with Gasteiger partial charge in [-0.3, -0.25) is 0 Å². The predicted octanol–water partition coefficient (Wildman–Crippen LogP) is 5.76. The van der Waals surface area contributed by atoms with Gasteiger partial charge in [-0.2, -0.15) is 10.1 Å². The van der Waals surface area contributed by atoms with Crippen LogP contribution >= 0.6 is 15.9 Å². The van der Waals surface area contributed by atoms with Gasteiger partial charge in [-0.1, -0.05) is 82.7 Å². The molecule has 0 amide bonds. The molecule has 5 heteroatoms. The molecule has 0 bridgehead atoms. The molecule has 136 valence electrons. The van der Waals surface area contributed by atoms with E-state index < -0.39 is 0 Å². The van der Waals surface area contributed by atoms with Gasteiger partial charge in [0, 0.05) is 10.2 Å². The van der Waals surface area contributed by atoms with Gasteiger partial charge in [0.25, 0.3) is 0 Å². The largest absolute Gasteiger partial charge is 0.324 e. The maximum atomic E-state index is 4.41. The minimum Gasteiger partial charge on any atom is -0.324 e. The summed E-state index contributed by atoms with van der Waals surface area (Å²) in [5.41, 5.74) is 5.74. The van der Waals surface area contributed by atoms with Crippen LogP contribution in [0.15, 0.2) is 95.7 Å². The van der Waals surface area contributed by atoms with E-state index in [0.29, 0.717) is 0 Å². The smallest absolute Gasteiger partial charge is 0.226 e. The van der Waals surface area contributed by atoms with Crippen molar-refractivity contribution in [3.63, 3.8) is 0 Å². The molecule has 1 aliphatic heterocycles. The molecule has 0 fully saturated rings. The number of fused-ring (bicyclic) bond motifs is 1. The molecule has 4 aromatic rings. The van der Waals surface area contributed by atoms with Gasteiger partial charge in [-0.25, -0.2) is 4.68 Å². The summed E-state index contributed by atoms with van der Waals surface area (Å²) in [5, 5.41) is 7.81. The Morgan fingerprint density at radius 2 is 1.46 bits per heavy atom. The molecule has 0 aliphatic carbocycles. The Balaban J connectivity index is 1.52. The van der Waals surface area contributed by atoms with Gasteiger partial charge in [-0.05, 0) is 40.5 Å². The molecule has 1 unspecified atom stereocenters.